The average Bonchev–Trinajstić information content (AvgIpc) is 2.48. The smallest absolute Gasteiger partial charge is 0.288 e. The van der Waals surface area contributed by atoms with Gasteiger partial charge in [0.2, 0.25) is 5.91 Å². The van der Waals surface area contributed by atoms with Crippen molar-refractivity contribution in [2.45, 2.75) is 36.3 Å². The molecule has 0 spiro atoms. The molecule has 2 rings (SSSR count). The quantitative estimate of drug-likeness (QED) is 0.757. The molecule has 1 fully saturated rings. The summed E-state index contributed by atoms with van der Waals surface area (Å²) in [6.07, 6.45) is 3.51. The fourth-order valence-corrected chi connectivity index (χ4v) is 3.08. The number of benzene rings is 1. The third-order valence-corrected chi connectivity index (χ3v) is 4.40. The molecule has 0 aromatic heterocycles. The van der Waals surface area contributed by atoms with E-state index in [4.69, 9.17) is 0 Å². The molecule has 1 saturated heterocycles. The zero-order valence-corrected chi connectivity index (χ0v) is 13.8. The fraction of sp³-hybridized carbons (Fsp3) is 0.533. The molecule has 22 heavy (non-hydrogen) atoms. The highest BCUT2D eigenvalue weighted by Crippen LogP contribution is 2.31. The monoisotopic (exact) mass is 350 g/mol. The summed E-state index contributed by atoms with van der Waals surface area (Å²) in [6, 6.07) is 6.68. The van der Waals surface area contributed by atoms with Gasteiger partial charge in [0.15, 0.2) is 0 Å². The van der Waals surface area contributed by atoms with Crippen LogP contribution in [0.5, 0.6) is 0 Å². The van der Waals surface area contributed by atoms with Crippen LogP contribution in [0.25, 0.3) is 0 Å². The van der Waals surface area contributed by atoms with Crippen molar-refractivity contribution in [1.29, 1.82) is 0 Å². The number of nitrogens with one attached hydrogen (secondary N) is 2. The van der Waals surface area contributed by atoms with E-state index >= 15 is 0 Å². The molecule has 0 bridgehead atoms. The molecule has 1 aromatic rings. The highest BCUT2D eigenvalue weighted by molar-refractivity contribution is 7.99. The van der Waals surface area contributed by atoms with Gasteiger partial charge in [-0.2, -0.15) is 8.78 Å². The van der Waals surface area contributed by atoms with Crippen LogP contribution in [0.1, 0.15) is 25.7 Å². The van der Waals surface area contributed by atoms with E-state index in [1.807, 2.05) is 0 Å². The van der Waals surface area contributed by atoms with Crippen LogP contribution in [0.3, 0.4) is 0 Å². The number of anilines is 1. The molecule has 1 aliphatic heterocycles. The van der Waals surface area contributed by atoms with E-state index in [-0.39, 0.29) is 18.3 Å². The fourth-order valence-electron chi connectivity index (χ4n) is 2.49. The van der Waals surface area contributed by atoms with Crippen LogP contribution in [0, 0.1) is 5.92 Å². The number of amides is 1. The van der Waals surface area contributed by atoms with E-state index in [9.17, 15) is 13.6 Å². The van der Waals surface area contributed by atoms with Crippen LogP contribution in [0.15, 0.2) is 29.2 Å². The number of hydrogen-bond donors (Lipinski definition) is 2. The molecule has 0 radical (unpaired) electrons. The van der Waals surface area contributed by atoms with Gasteiger partial charge < -0.3 is 10.6 Å². The third-order valence-electron chi connectivity index (χ3n) is 3.62. The molecule has 124 valence electrons. The maximum atomic E-state index is 12.5. The Hall–Kier alpha value is -0.850. The molecule has 1 heterocycles. The van der Waals surface area contributed by atoms with E-state index < -0.39 is 5.76 Å². The number of para-hydroxylation sites is 1. The Balaban J connectivity index is 0.00000242. The molecule has 0 unspecified atom stereocenters. The van der Waals surface area contributed by atoms with E-state index in [2.05, 4.69) is 10.6 Å². The van der Waals surface area contributed by atoms with Crippen molar-refractivity contribution in [3.63, 3.8) is 0 Å². The number of thioether (sulfide) groups is 1. The van der Waals surface area contributed by atoms with Gasteiger partial charge in [0.1, 0.15) is 0 Å². The Kier molecular flexibility index (Phi) is 8.75. The van der Waals surface area contributed by atoms with E-state index in [0.717, 1.165) is 32.4 Å². The first-order chi connectivity index (χ1) is 10.1. The van der Waals surface area contributed by atoms with Crippen LogP contribution in [0.4, 0.5) is 14.5 Å². The topological polar surface area (TPSA) is 41.1 Å². The maximum absolute atomic E-state index is 12.5. The lowest BCUT2D eigenvalue weighted by Gasteiger charge is -2.22. The van der Waals surface area contributed by atoms with E-state index in [0.29, 0.717) is 34.7 Å². The van der Waals surface area contributed by atoms with Crippen LogP contribution in [-0.2, 0) is 4.79 Å². The second kappa shape index (κ2) is 10.0. The number of piperidine rings is 1. The molecule has 2 N–H and O–H groups in total. The number of halogens is 3. The summed E-state index contributed by atoms with van der Waals surface area (Å²) in [5.74, 6) is -2.00. The third kappa shape index (κ3) is 6.50. The van der Waals surface area contributed by atoms with Gasteiger partial charge in [-0.1, -0.05) is 23.9 Å². The van der Waals surface area contributed by atoms with Gasteiger partial charge in [-0.3, -0.25) is 4.79 Å². The number of rotatable bonds is 6. The minimum absolute atomic E-state index is 0. The second-order valence-electron chi connectivity index (χ2n) is 5.15. The van der Waals surface area contributed by atoms with Crippen molar-refractivity contribution in [2.24, 2.45) is 5.92 Å². The highest BCUT2D eigenvalue weighted by atomic mass is 35.5. The first-order valence-electron chi connectivity index (χ1n) is 7.19. The molecule has 1 aliphatic rings. The number of hydrogen-bond acceptors (Lipinski definition) is 3. The van der Waals surface area contributed by atoms with Gasteiger partial charge in [0.25, 0.3) is 5.76 Å². The van der Waals surface area contributed by atoms with Gasteiger partial charge in [-0.25, -0.2) is 0 Å². The van der Waals surface area contributed by atoms with Crippen molar-refractivity contribution < 1.29 is 13.6 Å². The summed E-state index contributed by atoms with van der Waals surface area (Å²) in [7, 11) is 0. The van der Waals surface area contributed by atoms with Crippen molar-refractivity contribution >= 4 is 35.8 Å². The first kappa shape index (κ1) is 19.2. The zero-order valence-electron chi connectivity index (χ0n) is 12.2. The molecule has 0 saturated carbocycles. The Morgan fingerprint density at radius 3 is 2.68 bits per heavy atom. The molecular weight excluding hydrogens is 330 g/mol. The van der Waals surface area contributed by atoms with Crippen molar-refractivity contribution in [3.05, 3.63) is 24.3 Å². The predicted octanol–water partition coefficient (Wildman–Crippen LogP) is 4.14. The normalized spacial score (nSPS) is 15.4. The van der Waals surface area contributed by atoms with Gasteiger partial charge in [-0.05, 0) is 50.4 Å². The maximum Gasteiger partial charge on any atom is 0.288 e. The van der Waals surface area contributed by atoms with Crippen molar-refractivity contribution in [1.82, 2.24) is 5.32 Å². The average molecular weight is 351 g/mol. The Morgan fingerprint density at radius 2 is 2.00 bits per heavy atom. The molecule has 7 heteroatoms. The zero-order chi connectivity index (χ0) is 15.1. The molecule has 0 aliphatic carbocycles. The second-order valence-corrected chi connectivity index (χ2v) is 6.19. The highest BCUT2D eigenvalue weighted by Gasteiger charge is 2.16. The summed E-state index contributed by atoms with van der Waals surface area (Å²) >= 11 is 0.457. The molecule has 0 atom stereocenters. The first-order valence-corrected chi connectivity index (χ1v) is 8.07. The van der Waals surface area contributed by atoms with Gasteiger partial charge >= 0.3 is 0 Å². The molecule has 3 nitrogen and oxygen atoms in total. The van der Waals surface area contributed by atoms with Gasteiger partial charge in [-0.15, -0.1) is 12.4 Å². The minimum atomic E-state index is -2.49. The Bertz CT molecular complexity index is 471. The minimum Gasteiger partial charge on any atom is -0.325 e. The van der Waals surface area contributed by atoms with E-state index in [1.54, 1.807) is 24.3 Å². The molecule has 1 aromatic carbocycles. The summed E-state index contributed by atoms with van der Waals surface area (Å²) in [6.45, 7) is 2.03. The number of carbonyl (C=O) groups excluding carboxylic acids is 1. The van der Waals surface area contributed by atoms with E-state index in [1.165, 1.54) is 0 Å². The SMILES string of the molecule is Cl.O=C(CCC1CCNCC1)Nc1ccccc1SC(F)F. The number of alkyl halides is 2. The van der Waals surface area contributed by atoms with Crippen LogP contribution < -0.4 is 10.6 Å². The lowest BCUT2D eigenvalue weighted by molar-refractivity contribution is -0.116. The summed E-state index contributed by atoms with van der Waals surface area (Å²) in [5.41, 5.74) is 0.470. The Morgan fingerprint density at radius 1 is 1.32 bits per heavy atom. The standard InChI is InChI=1S/C15H20F2N2OS.ClH/c16-15(17)21-13-4-2-1-3-12(13)19-14(20)6-5-11-7-9-18-10-8-11;/h1-4,11,15,18H,5-10H2,(H,19,20);1H. The lowest BCUT2D eigenvalue weighted by atomic mass is 9.93. The predicted molar refractivity (Wildman–Crippen MR) is 89.0 cm³/mol. The largest absolute Gasteiger partial charge is 0.325 e. The van der Waals surface area contributed by atoms with Crippen LogP contribution in [0.2, 0.25) is 0 Å². The number of carbonyl (C=O) groups is 1. The van der Waals surface area contributed by atoms with Crippen LogP contribution >= 0.6 is 24.2 Å². The van der Waals surface area contributed by atoms with Crippen LogP contribution in [-0.4, -0.2) is 24.8 Å². The summed E-state index contributed by atoms with van der Waals surface area (Å²) in [4.78, 5) is 12.4. The molecular formula is C15H21ClF2N2OS. The van der Waals surface area contributed by atoms with Crippen molar-refractivity contribution in [2.75, 3.05) is 18.4 Å². The Labute approximate surface area is 140 Å². The molecule has 1 amide bonds. The lowest BCUT2D eigenvalue weighted by Crippen LogP contribution is -2.28. The summed E-state index contributed by atoms with van der Waals surface area (Å²) < 4.78 is 24.9. The van der Waals surface area contributed by atoms with Gasteiger partial charge in [0, 0.05) is 11.3 Å². The summed E-state index contributed by atoms with van der Waals surface area (Å²) in [5, 5.41) is 6.04. The van der Waals surface area contributed by atoms with Crippen molar-refractivity contribution in [3.8, 4) is 0 Å². The van der Waals surface area contributed by atoms with Gasteiger partial charge in [0.05, 0.1) is 5.69 Å².